The molecular formula is C18H27N3O4S. The highest BCUT2D eigenvalue weighted by Gasteiger charge is 2.32. The molecule has 1 saturated heterocycles. The van der Waals surface area contributed by atoms with E-state index in [1.54, 1.807) is 12.1 Å². The minimum Gasteiger partial charge on any atom is -0.379 e. The van der Waals surface area contributed by atoms with E-state index in [1.807, 2.05) is 6.92 Å². The van der Waals surface area contributed by atoms with Gasteiger partial charge in [-0.15, -0.1) is 0 Å². The number of ether oxygens (including phenoxy) is 1. The third kappa shape index (κ3) is 4.09. The maximum absolute atomic E-state index is 13.1. The van der Waals surface area contributed by atoms with Gasteiger partial charge in [-0.2, -0.15) is 4.31 Å². The Morgan fingerprint density at radius 2 is 2.04 bits per heavy atom. The van der Waals surface area contributed by atoms with E-state index in [1.165, 1.54) is 10.4 Å². The van der Waals surface area contributed by atoms with Gasteiger partial charge in [0.1, 0.15) is 0 Å². The van der Waals surface area contributed by atoms with Gasteiger partial charge >= 0.3 is 0 Å². The third-order valence-corrected chi connectivity index (χ3v) is 7.04. The molecule has 1 saturated carbocycles. The van der Waals surface area contributed by atoms with Gasteiger partial charge < -0.3 is 15.8 Å². The highest BCUT2D eigenvalue weighted by molar-refractivity contribution is 7.89. The van der Waals surface area contributed by atoms with Crippen molar-refractivity contribution in [3.8, 4) is 0 Å². The van der Waals surface area contributed by atoms with Gasteiger partial charge in [-0.1, -0.05) is 13.0 Å². The van der Waals surface area contributed by atoms with E-state index in [2.05, 4.69) is 5.32 Å². The molecule has 1 aliphatic carbocycles. The Morgan fingerprint density at radius 3 is 2.62 bits per heavy atom. The molecule has 1 aromatic rings. The van der Waals surface area contributed by atoms with Crippen molar-refractivity contribution in [1.82, 2.24) is 9.62 Å². The number of benzene rings is 1. The minimum atomic E-state index is -3.65. The summed E-state index contributed by atoms with van der Waals surface area (Å²) in [4.78, 5) is 12.8. The van der Waals surface area contributed by atoms with Gasteiger partial charge in [-0.25, -0.2) is 8.42 Å². The third-order valence-electron chi connectivity index (χ3n) is 5.06. The summed E-state index contributed by atoms with van der Waals surface area (Å²) in [6, 6.07) is 4.87. The van der Waals surface area contributed by atoms with E-state index in [0.29, 0.717) is 56.3 Å². The maximum Gasteiger partial charge on any atom is 0.251 e. The molecule has 1 unspecified atom stereocenters. The standard InChI is InChI=1S/C18H27N3O4S/c1-2-13-3-6-15(18(22)20-16(12-19)14-4-5-14)11-17(13)26(23,24)21-7-9-25-10-8-21/h3,6,11,14,16H,2,4-5,7-10,12,19H2,1H3,(H,20,22). The average molecular weight is 381 g/mol. The van der Waals surface area contributed by atoms with E-state index in [9.17, 15) is 13.2 Å². The Bertz CT molecular complexity index is 756. The molecule has 7 nitrogen and oxygen atoms in total. The molecule has 0 aromatic heterocycles. The lowest BCUT2D eigenvalue weighted by molar-refractivity contribution is 0.0730. The van der Waals surface area contributed by atoms with Crippen molar-refractivity contribution in [2.45, 2.75) is 37.1 Å². The number of nitrogens with two attached hydrogens (primary N) is 1. The topological polar surface area (TPSA) is 102 Å². The Hall–Kier alpha value is -1.48. The van der Waals surface area contributed by atoms with Gasteiger partial charge in [-0.3, -0.25) is 4.79 Å². The molecule has 144 valence electrons. The SMILES string of the molecule is CCc1ccc(C(=O)NC(CN)C2CC2)cc1S(=O)(=O)N1CCOCC1. The number of sulfonamides is 1. The monoisotopic (exact) mass is 381 g/mol. The first-order valence-electron chi connectivity index (χ1n) is 9.19. The highest BCUT2D eigenvalue weighted by atomic mass is 32.2. The number of aryl methyl sites for hydroxylation is 1. The molecule has 8 heteroatoms. The second-order valence-electron chi connectivity index (χ2n) is 6.85. The molecule has 1 heterocycles. The molecule has 3 rings (SSSR count). The molecule has 26 heavy (non-hydrogen) atoms. The number of morpholine rings is 1. The van der Waals surface area contributed by atoms with Gasteiger partial charge in [0, 0.05) is 31.2 Å². The van der Waals surface area contributed by atoms with Gasteiger partial charge in [0.15, 0.2) is 0 Å². The predicted octanol–water partition coefficient (Wildman–Crippen LogP) is 0.737. The second kappa shape index (κ2) is 8.04. The van der Waals surface area contributed by atoms with Crippen molar-refractivity contribution in [3.63, 3.8) is 0 Å². The normalized spacial score (nSPS) is 19.9. The predicted molar refractivity (Wildman–Crippen MR) is 98.4 cm³/mol. The lowest BCUT2D eigenvalue weighted by atomic mass is 10.1. The summed E-state index contributed by atoms with van der Waals surface area (Å²) in [6.45, 7) is 3.74. The number of hydrogen-bond donors (Lipinski definition) is 2. The van der Waals surface area contributed by atoms with Crippen LogP contribution in [0.2, 0.25) is 0 Å². The van der Waals surface area contributed by atoms with Crippen LogP contribution in [0.25, 0.3) is 0 Å². The Labute approximate surface area is 154 Å². The van der Waals surface area contributed by atoms with Crippen molar-refractivity contribution in [1.29, 1.82) is 0 Å². The van der Waals surface area contributed by atoms with E-state index < -0.39 is 10.0 Å². The number of carbonyl (C=O) groups excluding carboxylic acids is 1. The second-order valence-corrected chi connectivity index (χ2v) is 8.75. The number of rotatable bonds is 7. The zero-order chi connectivity index (χ0) is 18.7. The smallest absolute Gasteiger partial charge is 0.251 e. The van der Waals surface area contributed by atoms with E-state index in [0.717, 1.165) is 12.8 Å². The number of amides is 1. The number of nitrogens with one attached hydrogen (secondary N) is 1. The Balaban J connectivity index is 1.87. The van der Waals surface area contributed by atoms with Crippen molar-refractivity contribution in [3.05, 3.63) is 29.3 Å². The molecule has 0 radical (unpaired) electrons. The van der Waals surface area contributed by atoms with Crippen LogP contribution in [0.4, 0.5) is 0 Å². The minimum absolute atomic E-state index is 0.0485. The summed E-state index contributed by atoms with van der Waals surface area (Å²) in [6.07, 6.45) is 2.73. The Morgan fingerprint density at radius 1 is 1.35 bits per heavy atom. The summed E-state index contributed by atoms with van der Waals surface area (Å²) < 4.78 is 32.8. The largest absolute Gasteiger partial charge is 0.379 e. The molecule has 2 aliphatic rings. The molecular weight excluding hydrogens is 354 g/mol. The fourth-order valence-corrected chi connectivity index (χ4v) is 5.00. The Kier molecular flexibility index (Phi) is 5.96. The first kappa shape index (κ1) is 19.3. The van der Waals surface area contributed by atoms with Gasteiger partial charge in [0.2, 0.25) is 10.0 Å². The highest BCUT2D eigenvalue weighted by Crippen LogP contribution is 2.32. The van der Waals surface area contributed by atoms with Gasteiger partial charge in [-0.05, 0) is 42.9 Å². The zero-order valence-electron chi connectivity index (χ0n) is 15.1. The summed E-state index contributed by atoms with van der Waals surface area (Å²) in [5.74, 6) is 0.170. The molecule has 3 N–H and O–H groups in total. The van der Waals surface area contributed by atoms with Gasteiger partial charge in [0.25, 0.3) is 5.91 Å². The fourth-order valence-electron chi connectivity index (χ4n) is 3.27. The van der Waals surface area contributed by atoms with Crippen LogP contribution in [0.15, 0.2) is 23.1 Å². The summed E-state index contributed by atoms with van der Waals surface area (Å²) in [5.41, 5.74) is 6.82. The lowest BCUT2D eigenvalue weighted by Crippen LogP contribution is -2.42. The maximum atomic E-state index is 13.1. The molecule has 1 aliphatic heterocycles. The van der Waals surface area contributed by atoms with Crippen LogP contribution >= 0.6 is 0 Å². The van der Waals surface area contributed by atoms with Crippen LogP contribution in [0.5, 0.6) is 0 Å². The van der Waals surface area contributed by atoms with Crippen LogP contribution in [0.1, 0.15) is 35.7 Å². The fraction of sp³-hybridized carbons (Fsp3) is 0.611. The molecule has 0 bridgehead atoms. The van der Waals surface area contributed by atoms with Crippen LogP contribution in [0, 0.1) is 5.92 Å². The molecule has 1 aromatic carbocycles. The van der Waals surface area contributed by atoms with Crippen molar-refractivity contribution >= 4 is 15.9 Å². The van der Waals surface area contributed by atoms with Crippen molar-refractivity contribution < 1.29 is 17.9 Å². The molecule has 1 atom stereocenters. The van der Waals surface area contributed by atoms with Crippen molar-refractivity contribution in [2.75, 3.05) is 32.8 Å². The molecule has 0 spiro atoms. The number of carbonyl (C=O) groups is 1. The number of nitrogens with zero attached hydrogens (tertiary/aromatic N) is 1. The van der Waals surface area contributed by atoms with Crippen LogP contribution in [-0.2, 0) is 21.2 Å². The lowest BCUT2D eigenvalue weighted by Gasteiger charge is -2.27. The van der Waals surface area contributed by atoms with Crippen LogP contribution in [-0.4, -0.2) is 57.5 Å². The van der Waals surface area contributed by atoms with Crippen LogP contribution < -0.4 is 11.1 Å². The van der Waals surface area contributed by atoms with E-state index in [-0.39, 0.29) is 16.8 Å². The first-order chi connectivity index (χ1) is 12.5. The van der Waals surface area contributed by atoms with E-state index in [4.69, 9.17) is 10.5 Å². The summed E-state index contributed by atoms with van der Waals surface area (Å²) >= 11 is 0. The van der Waals surface area contributed by atoms with E-state index >= 15 is 0 Å². The van der Waals surface area contributed by atoms with Gasteiger partial charge in [0.05, 0.1) is 18.1 Å². The quantitative estimate of drug-likeness (QED) is 0.725. The number of hydrogen-bond acceptors (Lipinski definition) is 5. The summed E-state index contributed by atoms with van der Waals surface area (Å²) in [5, 5.41) is 2.95. The first-order valence-corrected chi connectivity index (χ1v) is 10.6. The molecule has 2 fully saturated rings. The zero-order valence-corrected chi connectivity index (χ0v) is 15.9. The average Bonchev–Trinajstić information content (AvgIpc) is 3.51. The molecule has 1 amide bonds. The summed E-state index contributed by atoms with van der Waals surface area (Å²) in [7, 11) is -3.65. The van der Waals surface area contributed by atoms with Crippen molar-refractivity contribution in [2.24, 2.45) is 11.7 Å². The van der Waals surface area contributed by atoms with Crippen LogP contribution in [0.3, 0.4) is 0 Å².